The van der Waals surface area contributed by atoms with Gasteiger partial charge >= 0.3 is 0 Å². The standard InChI is InChI=1S/C46H33N3/c1-4-15-33(16-5-1)47(34-17-6-2-7-18-34)37-25-27-40-45(31-37)49(44-28-24-32-14-10-11-21-38(32)46(40)44)36-26-29-43-41(30-36)39-22-12-13-23-42(39)48(43)35-19-8-3-9-20-35/h1-9,11-13,15-31H,10,14H2. The molecule has 7 aromatic carbocycles. The Morgan fingerprint density at radius 1 is 0.429 bits per heavy atom. The van der Waals surface area contributed by atoms with Gasteiger partial charge in [0.2, 0.25) is 0 Å². The van der Waals surface area contributed by atoms with Crippen LogP contribution >= 0.6 is 0 Å². The number of aryl methyl sites for hydroxylation is 1. The number of para-hydroxylation sites is 4. The summed E-state index contributed by atoms with van der Waals surface area (Å²) in [5.74, 6) is 0. The normalized spacial score (nSPS) is 12.7. The zero-order valence-electron chi connectivity index (χ0n) is 27.0. The molecule has 0 aliphatic heterocycles. The minimum absolute atomic E-state index is 1.08. The molecule has 2 aromatic heterocycles. The van der Waals surface area contributed by atoms with Crippen molar-refractivity contribution >= 4 is 66.7 Å². The van der Waals surface area contributed by atoms with Gasteiger partial charge in [-0.1, -0.05) is 97.1 Å². The predicted octanol–water partition coefficient (Wildman–Crippen LogP) is 12.3. The Morgan fingerprint density at radius 2 is 1.08 bits per heavy atom. The highest BCUT2D eigenvalue weighted by atomic mass is 15.1. The molecule has 2 heterocycles. The highest BCUT2D eigenvalue weighted by molar-refractivity contribution is 6.15. The van der Waals surface area contributed by atoms with Crippen LogP contribution in [0.1, 0.15) is 17.5 Å². The number of anilines is 3. The predicted molar refractivity (Wildman–Crippen MR) is 207 cm³/mol. The summed E-state index contributed by atoms with van der Waals surface area (Å²) >= 11 is 0. The molecule has 0 N–H and O–H groups in total. The van der Waals surface area contributed by atoms with E-state index >= 15 is 0 Å². The fraction of sp³-hybridized carbons (Fsp3) is 0.0435. The van der Waals surface area contributed by atoms with Crippen LogP contribution in [0.2, 0.25) is 0 Å². The van der Waals surface area contributed by atoms with Crippen molar-refractivity contribution in [1.82, 2.24) is 9.13 Å². The van der Waals surface area contributed by atoms with E-state index in [-0.39, 0.29) is 0 Å². The summed E-state index contributed by atoms with van der Waals surface area (Å²) in [6, 6.07) is 59.5. The van der Waals surface area contributed by atoms with Crippen LogP contribution in [0.4, 0.5) is 17.1 Å². The topological polar surface area (TPSA) is 13.1 Å². The number of nitrogens with zero attached hydrogens (tertiary/aromatic N) is 3. The summed E-state index contributed by atoms with van der Waals surface area (Å²) in [6.07, 6.45) is 6.84. The summed E-state index contributed by atoms with van der Waals surface area (Å²) in [5, 5.41) is 5.10. The molecule has 9 aromatic rings. The SMILES string of the molecule is C1=Cc2c(ccc3c2c2ccc(N(c4ccccc4)c4ccccc4)cc2n3-c2ccc3c(c2)c2ccccc2n3-c2ccccc2)CC1. The first-order valence-corrected chi connectivity index (χ1v) is 17.1. The van der Waals surface area contributed by atoms with E-state index in [2.05, 4.69) is 190 Å². The van der Waals surface area contributed by atoms with Crippen molar-refractivity contribution < 1.29 is 0 Å². The third-order valence-electron chi connectivity index (χ3n) is 10.1. The van der Waals surface area contributed by atoms with Gasteiger partial charge in [0, 0.05) is 50.0 Å². The number of rotatable bonds is 5. The molecule has 1 aliphatic rings. The average Bonchev–Trinajstić information content (AvgIpc) is 3.68. The van der Waals surface area contributed by atoms with Crippen molar-refractivity contribution in [3.63, 3.8) is 0 Å². The molecule has 0 bridgehead atoms. The number of hydrogen-bond donors (Lipinski definition) is 0. The molecule has 0 unspecified atom stereocenters. The first-order valence-electron chi connectivity index (χ1n) is 17.1. The largest absolute Gasteiger partial charge is 0.310 e. The van der Waals surface area contributed by atoms with Crippen molar-refractivity contribution in [2.45, 2.75) is 12.8 Å². The third kappa shape index (κ3) is 4.36. The van der Waals surface area contributed by atoms with Gasteiger partial charge in [-0.2, -0.15) is 0 Å². The molecule has 0 saturated carbocycles. The second-order valence-electron chi connectivity index (χ2n) is 12.9. The van der Waals surface area contributed by atoms with Crippen LogP contribution in [-0.4, -0.2) is 9.13 Å². The Balaban J connectivity index is 1.27. The number of fused-ring (bicyclic) bond motifs is 8. The molecule has 0 saturated heterocycles. The van der Waals surface area contributed by atoms with Gasteiger partial charge in [-0.15, -0.1) is 0 Å². The van der Waals surface area contributed by atoms with E-state index in [0.717, 1.165) is 35.6 Å². The Hall–Kier alpha value is -6.32. The highest BCUT2D eigenvalue weighted by Crippen LogP contribution is 2.43. The van der Waals surface area contributed by atoms with Crippen molar-refractivity contribution in [3.05, 3.63) is 181 Å². The van der Waals surface area contributed by atoms with Crippen LogP contribution in [0.25, 0.3) is 61.1 Å². The van der Waals surface area contributed by atoms with Gasteiger partial charge in [0.1, 0.15) is 0 Å². The van der Waals surface area contributed by atoms with E-state index in [1.54, 1.807) is 0 Å². The van der Waals surface area contributed by atoms with Crippen LogP contribution < -0.4 is 4.90 Å². The highest BCUT2D eigenvalue weighted by Gasteiger charge is 2.21. The lowest BCUT2D eigenvalue weighted by Crippen LogP contribution is -2.09. The van der Waals surface area contributed by atoms with E-state index < -0.39 is 0 Å². The maximum Gasteiger partial charge on any atom is 0.0562 e. The van der Waals surface area contributed by atoms with E-state index in [9.17, 15) is 0 Å². The van der Waals surface area contributed by atoms with Crippen molar-refractivity contribution in [3.8, 4) is 11.4 Å². The van der Waals surface area contributed by atoms with E-state index in [4.69, 9.17) is 0 Å². The minimum Gasteiger partial charge on any atom is -0.310 e. The van der Waals surface area contributed by atoms with E-state index in [0.29, 0.717) is 0 Å². The van der Waals surface area contributed by atoms with Gasteiger partial charge in [0.05, 0.1) is 22.1 Å². The number of benzene rings is 7. The van der Waals surface area contributed by atoms with Crippen LogP contribution in [0, 0.1) is 0 Å². The van der Waals surface area contributed by atoms with E-state index in [1.807, 2.05) is 0 Å². The lowest BCUT2D eigenvalue weighted by molar-refractivity contribution is 0.989. The molecule has 0 atom stereocenters. The van der Waals surface area contributed by atoms with Crippen molar-refractivity contribution in [2.24, 2.45) is 0 Å². The molecular formula is C46H33N3. The van der Waals surface area contributed by atoms with Crippen LogP contribution in [0.3, 0.4) is 0 Å². The zero-order chi connectivity index (χ0) is 32.3. The Bertz CT molecular complexity index is 2660. The van der Waals surface area contributed by atoms with Gasteiger partial charge in [-0.05, 0) is 103 Å². The molecule has 0 fully saturated rings. The van der Waals surface area contributed by atoms with Crippen LogP contribution in [0.15, 0.2) is 170 Å². The van der Waals surface area contributed by atoms with Gasteiger partial charge in [0.15, 0.2) is 0 Å². The van der Waals surface area contributed by atoms with Gasteiger partial charge in [0.25, 0.3) is 0 Å². The van der Waals surface area contributed by atoms with E-state index in [1.165, 1.54) is 60.4 Å². The molecule has 10 rings (SSSR count). The smallest absolute Gasteiger partial charge is 0.0562 e. The lowest BCUT2D eigenvalue weighted by Gasteiger charge is -2.25. The minimum atomic E-state index is 1.08. The molecule has 0 spiro atoms. The Morgan fingerprint density at radius 3 is 1.86 bits per heavy atom. The Kier molecular flexibility index (Phi) is 6.31. The van der Waals surface area contributed by atoms with Gasteiger partial charge in [-0.25, -0.2) is 0 Å². The zero-order valence-corrected chi connectivity index (χ0v) is 27.0. The number of hydrogen-bond acceptors (Lipinski definition) is 1. The Labute approximate surface area is 285 Å². The monoisotopic (exact) mass is 627 g/mol. The maximum absolute atomic E-state index is 2.49. The molecular weight excluding hydrogens is 595 g/mol. The first kappa shape index (κ1) is 27.8. The molecule has 3 nitrogen and oxygen atoms in total. The molecule has 232 valence electrons. The average molecular weight is 628 g/mol. The quantitative estimate of drug-likeness (QED) is 0.185. The number of allylic oxidation sites excluding steroid dienone is 1. The summed E-state index contributed by atoms with van der Waals surface area (Å²) in [4.78, 5) is 2.35. The van der Waals surface area contributed by atoms with Crippen LogP contribution in [0.5, 0.6) is 0 Å². The molecule has 1 aliphatic carbocycles. The summed E-state index contributed by atoms with van der Waals surface area (Å²) in [7, 11) is 0. The molecule has 49 heavy (non-hydrogen) atoms. The summed E-state index contributed by atoms with van der Waals surface area (Å²) in [6.45, 7) is 0. The first-order chi connectivity index (χ1) is 24.3. The summed E-state index contributed by atoms with van der Waals surface area (Å²) < 4.78 is 4.87. The number of aromatic nitrogens is 2. The van der Waals surface area contributed by atoms with Crippen LogP contribution in [-0.2, 0) is 6.42 Å². The second-order valence-corrected chi connectivity index (χ2v) is 12.9. The third-order valence-corrected chi connectivity index (χ3v) is 10.1. The molecule has 3 heteroatoms. The molecule has 0 radical (unpaired) electrons. The maximum atomic E-state index is 2.49. The van der Waals surface area contributed by atoms with Gasteiger partial charge in [-0.3, -0.25) is 0 Å². The fourth-order valence-corrected chi connectivity index (χ4v) is 7.99. The lowest BCUT2D eigenvalue weighted by atomic mass is 9.93. The summed E-state index contributed by atoms with van der Waals surface area (Å²) in [5.41, 5.74) is 13.3. The van der Waals surface area contributed by atoms with Crippen molar-refractivity contribution in [2.75, 3.05) is 4.90 Å². The second kappa shape index (κ2) is 11.1. The molecule has 0 amide bonds. The fourth-order valence-electron chi connectivity index (χ4n) is 7.99. The van der Waals surface area contributed by atoms with Crippen molar-refractivity contribution in [1.29, 1.82) is 0 Å². The van der Waals surface area contributed by atoms with Gasteiger partial charge < -0.3 is 14.0 Å².